The molecule has 0 saturated heterocycles. The average Bonchev–Trinajstić information content (AvgIpc) is 2.81. The SMILES string of the molecule is CCc1cccnc1C(=O)CCc1ccnn1C. The Labute approximate surface area is 107 Å². The van der Waals surface area contributed by atoms with Crippen molar-refractivity contribution in [1.82, 2.24) is 14.8 Å². The summed E-state index contributed by atoms with van der Waals surface area (Å²) in [5.74, 6) is 0.105. The number of ketones is 1. The number of Topliss-reactive ketones (excluding diaryl/α,β-unsaturated/α-hetero) is 1. The number of carbonyl (C=O) groups is 1. The number of aryl methyl sites for hydroxylation is 3. The van der Waals surface area contributed by atoms with Gasteiger partial charge in [-0.3, -0.25) is 14.5 Å². The van der Waals surface area contributed by atoms with Crippen LogP contribution in [0.4, 0.5) is 0 Å². The summed E-state index contributed by atoms with van der Waals surface area (Å²) in [5.41, 5.74) is 2.70. The lowest BCUT2D eigenvalue weighted by Crippen LogP contribution is -2.09. The van der Waals surface area contributed by atoms with Crippen molar-refractivity contribution in [2.75, 3.05) is 0 Å². The summed E-state index contributed by atoms with van der Waals surface area (Å²) in [7, 11) is 1.89. The van der Waals surface area contributed by atoms with Crippen LogP contribution in [-0.4, -0.2) is 20.5 Å². The van der Waals surface area contributed by atoms with Gasteiger partial charge in [0.1, 0.15) is 5.69 Å². The summed E-state index contributed by atoms with van der Waals surface area (Å²) in [6.45, 7) is 2.04. The molecule has 0 aliphatic rings. The molecule has 2 aromatic rings. The second-order valence-electron chi connectivity index (χ2n) is 4.23. The van der Waals surface area contributed by atoms with E-state index in [0.29, 0.717) is 18.5 Å². The molecular weight excluding hydrogens is 226 g/mol. The van der Waals surface area contributed by atoms with Gasteiger partial charge in [-0.25, -0.2) is 0 Å². The maximum Gasteiger partial charge on any atom is 0.181 e. The van der Waals surface area contributed by atoms with Crippen LogP contribution in [0.2, 0.25) is 0 Å². The molecule has 2 aromatic heterocycles. The summed E-state index contributed by atoms with van der Waals surface area (Å²) in [4.78, 5) is 16.3. The van der Waals surface area contributed by atoms with E-state index in [1.807, 2.05) is 32.2 Å². The zero-order valence-corrected chi connectivity index (χ0v) is 10.8. The number of pyridine rings is 1. The molecule has 0 bridgehead atoms. The first-order valence-electron chi connectivity index (χ1n) is 6.16. The number of rotatable bonds is 5. The minimum absolute atomic E-state index is 0.105. The highest BCUT2D eigenvalue weighted by Crippen LogP contribution is 2.11. The van der Waals surface area contributed by atoms with E-state index in [-0.39, 0.29) is 5.78 Å². The van der Waals surface area contributed by atoms with E-state index < -0.39 is 0 Å². The number of aromatic nitrogens is 3. The van der Waals surface area contributed by atoms with Crippen LogP contribution in [0.25, 0.3) is 0 Å². The molecule has 0 aliphatic carbocycles. The topological polar surface area (TPSA) is 47.8 Å². The van der Waals surface area contributed by atoms with Gasteiger partial charge in [0.15, 0.2) is 5.78 Å². The van der Waals surface area contributed by atoms with Crippen molar-refractivity contribution in [2.45, 2.75) is 26.2 Å². The Bertz CT molecular complexity index is 545. The standard InChI is InChI=1S/C14H17N3O/c1-3-11-5-4-9-15-14(11)13(18)7-6-12-8-10-16-17(12)2/h4-5,8-10H,3,6-7H2,1-2H3. The molecule has 0 aromatic carbocycles. The maximum atomic E-state index is 12.1. The Kier molecular flexibility index (Phi) is 3.87. The predicted molar refractivity (Wildman–Crippen MR) is 69.5 cm³/mol. The summed E-state index contributed by atoms with van der Waals surface area (Å²) < 4.78 is 1.80. The van der Waals surface area contributed by atoms with E-state index in [1.54, 1.807) is 17.1 Å². The molecule has 4 nitrogen and oxygen atoms in total. The van der Waals surface area contributed by atoms with Gasteiger partial charge in [0.05, 0.1) is 0 Å². The first kappa shape index (κ1) is 12.5. The van der Waals surface area contributed by atoms with Gasteiger partial charge in [0, 0.05) is 31.6 Å². The molecule has 2 rings (SSSR count). The fourth-order valence-electron chi connectivity index (χ4n) is 1.98. The zero-order chi connectivity index (χ0) is 13.0. The Morgan fingerprint density at radius 2 is 2.17 bits per heavy atom. The Balaban J connectivity index is 2.06. The van der Waals surface area contributed by atoms with E-state index in [4.69, 9.17) is 0 Å². The van der Waals surface area contributed by atoms with Crippen molar-refractivity contribution in [3.05, 3.63) is 47.5 Å². The van der Waals surface area contributed by atoms with Gasteiger partial charge in [0.2, 0.25) is 0 Å². The first-order chi connectivity index (χ1) is 8.72. The van der Waals surface area contributed by atoms with Gasteiger partial charge >= 0.3 is 0 Å². The maximum absolute atomic E-state index is 12.1. The van der Waals surface area contributed by atoms with Crippen molar-refractivity contribution in [3.8, 4) is 0 Å². The van der Waals surface area contributed by atoms with Crippen molar-refractivity contribution in [2.24, 2.45) is 7.05 Å². The molecular formula is C14H17N3O. The third-order valence-corrected chi connectivity index (χ3v) is 3.07. The fraction of sp³-hybridized carbons (Fsp3) is 0.357. The van der Waals surface area contributed by atoms with Crippen LogP contribution in [0.1, 0.15) is 35.1 Å². The highest BCUT2D eigenvalue weighted by molar-refractivity contribution is 5.95. The molecule has 4 heteroatoms. The molecule has 18 heavy (non-hydrogen) atoms. The molecule has 0 amide bonds. The predicted octanol–water partition coefficient (Wildman–Crippen LogP) is 2.19. The molecule has 0 spiro atoms. The van der Waals surface area contributed by atoms with Gasteiger partial charge in [-0.15, -0.1) is 0 Å². The third kappa shape index (κ3) is 2.64. The van der Waals surface area contributed by atoms with Crippen LogP contribution in [0, 0.1) is 0 Å². The Hall–Kier alpha value is -1.97. The molecule has 2 heterocycles. The minimum atomic E-state index is 0.105. The lowest BCUT2D eigenvalue weighted by atomic mass is 10.0. The molecule has 0 N–H and O–H groups in total. The summed E-state index contributed by atoms with van der Waals surface area (Å²) in [5, 5.41) is 4.09. The summed E-state index contributed by atoms with van der Waals surface area (Å²) in [6.07, 6.45) is 5.44. The van der Waals surface area contributed by atoms with Gasteiger partial charge < -0.3 is 0 Å². The van der Waals surface area contributed by atoms with Gasteiger partial charge in [-0.1, -0.05) is 13.0 Å². The fourth-order valence-corrected chi connectivity index (χ4v) is 1.98. The smallest absolute Gasteiger partial charge is 0.181 e. The van der Waals surface area contributed by atoms with Crippen LogP contribution in [0.3, 0.4) is 0 Å². The normalized spacial score (nSPS) is 10.6. The van der Waals surface area contributed by atoms with Crippen LogP contribution in [-0.2, 0) is 19.9 Å². The van der Waals surface area contributed by atoms with Crippen LogP contribution in [0.5, 0.6) is 0 Å². The number of nitrogens with zero attached hydrogens (tertiary/aromatic N) is 3. The van der Waals surface area contributed by atoms with Crippen LogP contribution < -0.4 is 0 Å². The highest BCUT2D eigenvalue weighted by Gasteiger charge is 2.12. The summed E-state index contributed by atoms with van der Waals surface area (Å²) >= 11 is 0. The molecule has 94 valence electrons. The molecule has 0 unspecified atom stereocenters. The van der Waals surface area contributed by atoms with E-state index >= 15 is 0 Å². The molecule has 0 aliphatic heterocycles. The third-order valence-electron chi connectivity index (χ3n) is 3.07. The monoisotopic (exact) mass is 243 g/mol. The largest absolute Gasteiger partial charge is 0.292 e. The van der Waals surface area contributed by atoms with Crippen LogP contribution >= 0.6 is 0 Å². The minimum Gasteiger partial charge on any atom is -0.292 e. The van der Waals surface area contributed by atoms with E-state index in [0.717, 1.165) is 17.7 Å². The van der Waals surface area contributed by atoms with Crippen LogP contribution in [0.15, 0.2) is 30.6 Å². The van der Waals surface area contributed by atoms with Crippen molar-refractivity contribution in [1.29, 1.82) is 0 Å². The second kappa shape index (κ2) is 5.58. The molecule has 0 saturated carbocycles. The molecule has 0 atom stereocenters. The van der Waals surface area contributed by atoms with E-state index in [1.165, 1.54) is 0 Å². The van der Waals surface area contributed by atoms with Crippen molar-refractivity contribution in [3.63, 3.8) is 0 Å². The first-order valence-corrected chi connectivity index (χ1v) is 6.16. The van der Waals surface area contributed by atoms with Gasteiger partial charge in [0.25, 0.3) is 0 Å². The van der Waals surface area contributed by atoms with Gasteiger partial charge in [-0.05, 0) is 30.5 Å². The Morgan fingerprint density at radius 1 is 1.33 bits per heavy atom. The average molecular weight is 243 g/mol. The highest BCUT2D eigenvalue weighted by atomic mass is 16.1. The second-order valence-corrected chi connectivity index (χ2v) is 4.23. The molecule has 0 radical (unpaired) electrons. The quantitative estimate of drug-likeness (QED) is 0.756. The zero-order valence-electron chi connectivity index (χ0n) is 10.8. The van der Waals surface area contributed by atoms with E-state index in [9.17, 15) is 4.79 Å². The lowest BCUT2D eigenvalue weighted by molar-refractivity contribution is 0.0976. The number of hydrogen-bond acceptors (Lipinski definition) is 3. The Morgan fingerprint density at radius 3 is 2.83 bits per heavy atom. The molecule has 0 fully saturated rings. The van der Waals surface area contributed by atoms with Gasteiger partial charge in [-0.2, -0.15) is 5.10 Å². The summed E-state index contributed by atoms with van der Waals surface area (Å²) in [6, 6.07) is 5.77. The lowest BCUT2D eigenvalue weighted by Gasteiger charge is -2.05. The van der Waals surface area contributed by atoms with Crippen molar-refractivity contribution < 1.29 is 4.79 Å². The van der Waals surface area contributed by atoms with Crippen molar-refractivity contribution >= 4 is 5.78 Å². The number of hydrogen-bond donors (Lipinski definition) is 0. The van der Waals surface area contributed by atoms with E-state index in [2.05, 4.69) is 10.1 Å². The number of carbonyl (C=O) groups excluding carboxylic acids is 1.